The summed E-state index contributed by atoms with van der Waals surface area (Å²) in [6.45, 7) is 3.56. The molecular formula is C15H21Cl2N3O2S. The SMILES string of the molecule is CC(N)C1CCCN(C(=O)c2cnc(-c3ccco3)s2)C1.Cl.Cl. The van der Waals surface area contributed by atoms with Crippen LogP contribution in [0.2, 0.25) is 0 Å². The fourth-order valence-corrected chi connectivity index (χ4v) is 3.52. The first-order valence-corrected chi connectivity index (χ1v) is 8.01. The molecule has 2 atom stereocenters. The Morgan fingerprint density at radius 2 is 2.30 bits per heavy atom. The fraction of sp³-hybridized carbons (Fsp3) is 0.467. The zero-order valence-electron chi connectivity index (χ0n) is 12.8. The summed E-state index contributed by atoms with van der Waals surface area (Å²) in [5, 5.41) is 0.740. The van der Waals surface area contributed by atoms with E-state index in [1.165, 1.54) is 11.3 Å². The van der Waals surface area contributed by atoms with Crippen molar-refractivity contribution in [2.24, 2.45) is 11.7 Å². The molecule has 0 bridgehead atoms. The van der Waals surface area contributed by atoms with Crippen LogP contribution in [0.15, 0.2) is 29.0 Å². The van der Waals surface area contributed by atoms with Gasteiger partial charge >= 0.3 is 0 Å². The van der Waals surface area contributed by atoms with Gasteiger partial charge < -0.3 is 15.1 Å². The molecule has 2 aromatic rings. The molecule has 1 aliphatic heterocycles. The second kappa shape index (κ2) is 8.68. The zero-order valence-corrected chi connectivity index (χ0v) is 15.3. The molecule has 3 rings (SSSR count). The lowest BCUT2D eigenvalue weighted by molar-refractivity contribution is 0.0665. The first kappa shape index (κ1) is 20.0. The molecule has 0 spiro atoms. The van der Waals surface area contributed by atoms with E-state index in [4.69, 9.17) is 10.2 Å². The molecule has 8 heteroatoms. The van der Waals surface area contributed by atoms with Crippen molar-refractivity contribution in [1.82, 2.24) is 9.88 Å². The zero-order chi connectivity index (χ0) is 14.8. The predicted molar refractivity (Wildman–Crippen MR) is 96.6 cm³/mol. The first-order chi connectivity index (χ1) is 10.1. The third-order valence-corrected chi connectivity index (χ3v) is 4.94. The van der Waals surface area contributed by atoms with Crippen LogP contribution >= 0.6 is 36.2 Å². The smallest absolute Gasteiger partial charge is 0.265 e. The third kappa shape index (κ3) is 4.47. The van der Waals surface area contributed by atoms with Gasteiger partial charge in [-0.3, -0.25) is 4.79 Å². The van der Waals surface area contributed by atoms with Gasteiger partial charge in [0, 0.05) is 19.1 Å². The Morgan fingerprint density at radius 1 is 1.52 bits per heavy atom. The van der Waals surface area contributed by atoms with Gasteiger partial charge in [0.2, 0.25) is 0 Å². The molecule has 3 heterocycles. The summed E-state index contributed by atoms with van der Waals surface area (Å²) in [6.07, 6.45) is 5.36. The van der Waals surface area contributed by atoms with Crippen LogP contribution in [-0.4, -0.2) is 34.9 Å². The van der Waals surface area contributed by atoms with E-state index < -0.39 is 0 Å². The van der Waals surface area contributed by atoms with Crippen LogP contribution in [0.3, 0.4) is 0 Å². The van der Waals surface area contributed by atoms with Crippen LogP contribution in [0.1, 0.15) is 29.4 Å². The van der Waals surface area contributed by atoms with Crippen molar-refractivity contribution in [3.8, 4) is 10.8 Å². The molecule has 5 nitrogen and oxygen atoms in total. The number of hydrogen-bond donors (Lipinski definition) is 1. The van der Waals surface area contributed by atoms with Crippen molar-refractivity contribution in [2.45, 2.75) is 25.8 Å². The van der Waals surface area contributed by atoms with Crippen LogP contribution in [0.25, 0.3) is 10.8 Å². The Bertz CT molecular complexity index is 616. The minimum absolute atomic E-state index is 0. The molecule has 1 aliphatic rings. The van der Waals surface area contributed by atoms with Gasteiger partial charge in [-0.2, -0.15) is 0 Å². The van der Waals surface area contributed by atoms with Crippen LogP contribution in [0.4, 0.5) is 0 Å². The number of carbonyl (C=O) groups excluding carboxylic acids is 1. The van der Waals surface area contributed by atoms with Gasteiger partial charge in [-0.15, -0.1) is 36.2 Å². The number of furan rings is 1. The number of likely N-dealkylation sites (tertiary alicyclic amines) is 1. The Balaban J connectivity index is 0.00000132. The molecule has 0 saturated carbocycles. The van der Waals surface area contributed by atoms with Gasteiger partial charge in [0.05, 0.1) is 12.5 Å². The van der Waals surface area contributed by atoms with Crippen molar-refractivity contribution in [3.05, 3.63) is 29.5 Å². The summed E-state index contributed by atoms with van der Waals surface area (Å²) in [5.74, 6) is 1.14. The lowest BCUT2D eigenvalue weighted by Crippen LogP contribution is -2.44. The summed E-state index contributed by atoms with van der Waals surface area (Å²) in [5.41, 5.74) is 5.98. The normalized spacial score (nSPS) is 18.7. The number of rotatable bonds is 3. The maximum absolute atomic E-state index is 12.6. The van der Waals surface area contributed by atoms with E-state index >= 15 is 0 Å². The Labute approximate surface area is 152 Å². The van der Waals surface area contributed by atoms with E-state index in [1.54, 1.807) is 12.5 Å². The lowest BCUT2D eigenvalue weighted by atomic mass is 9.92. The molecule has 2 unspecified atom stereocenters. The van der Waals surface area contributed by atoms with Crippen LogP contribution < -0.4 is 5.73 Å². The number of carbonyl (C=O) groups is 1. The van der Waals surface area contributed by atoms with E-state index in [0.29, 0.717) is 16.6 Å². The van der Waals surface area contributed by atoms with Crippen molar-refractivity contribution < 1.29 is 9.21 Å². The lowest BCUT2D eigenvalue weighted by Gasteiger charge is -2.34. The maximum Gasteiger partial charge on any atom is 0.265 e. The number of nitrogens with zero attached hydrogens (tertiary/aromatic N) is 2. The number of hydrogen-bond acceptors (Lipinski definition) is 5. The monoisotopic (exact) mass is 377 g/mol. The van der Waals surface area contributed by atoms with Gasteiger partial charge in [0.15, 0.2) is 10.8 Å². The quantitative estimate of drug-likeness (QED) is 0.888. The Morgan fingerprint density at radius 3 is 2.96 bits per heavy atom. The molecule has 128 valence electrons. The summed E-state index contributed by atoms with van der Waals surface area (Å²) >= 11 is 1.37. The van der Waals surface area contributed by atoms with Gasteiger partial charge in [-0.05, 0) is 37.8 Å². The van der Waals surface area contributed by atoms with E-state index in [1.807, 2.05) is 24.0 Å². The third-order valence-electron chi connectivity index (χ3n) is 3.94. The minimum atomic E-state index is 0. The second-order valence-electron chi connectivity index (χ2n) is 5.52. The number of aromatic nitrogens is 1. The summed E-state index contributed by atoms with van der Waals surface area (Å²) in [6, 6.07) is 3.79. The predicted octanol–water partition coefficient (Wildman–Crippen LogP) is 3.45. The number of nitrogens with two attached hydrogens (primary N) is 1. The second-order valence-corrected chi connectivity index (χ2v) is 6.55. The highest BCUT2D eigenvalue weighted by atomic mass is 35.5. The van der Waals surface area contributed by atoms with Gasteiger partial charge in [-0.1, -0.05) is 0 Å². The summed E-state index contributed by atoms with van der Waals surface area (Å²) in [7, 11) is 0. The molecule has 0 aromatic carbocycles. The minimum Gasteiger partial charge on any atom is -0.462 e. The molecule has 1 amide bonds. The van der Waals surface area contributed by atoms with E-state index in [0.717, 1.165) is 30.9 Å². The number of amides is 1. The molecule has 0 aliphatic carbocycles. The van der Waals surface area contributed by atoms with Gasteiger partial charge in [0.25, 0.3) is 5.91 Å². The van der Waals surface area contributed by atoms with E-state index in [-0.39, 0.29) is 36.8 Å². The number of halogens is 2. The molecule has 0 radical (unpaired) electrons. The number of thiazole rings is 1. The Kier molecular flexibility index (Phi) is 7.54. The summed E-state index contributed by atoms with van der Waals surface area (Å²) in [4.78, 5) is 19.4. The molecule has 2 aromatic heterocycles. The highest BCUT2D eigenvalue weighted by Crippen LogP contribution is 2.27. The average molecular weight is 378 g/mol. The van der Waals surface area contributed by atoms with Crippen LogP contribution in [-0.2, 0) is 0 Å². The molecule has 2 N–H and O–H groups in total. The Hall–Kier alpha value is -1.08. The number of piperidine rings is 1. The van der Waals surface area contributed by atoms with Crippen molar-refractivity contribution in [1.29, 1.82) is 0 Å². The highest BCUT2D eigenvalue weighted by molar-refractivity contribution is 7.16. The molecule has 1 saturated heterocycles. The van der Waals surface area contributed by atoms with Crippen LogP contribution in [0, 0.1) is 5.92 Å². The molecule has 23 heavy (non-hydrogen) atoms. The molecular weight excluding hydrogens is 357 g/mol. The van der Waals surface area contributed by atoms with Crippen molar-refractivity contribution >= 4 is 42.1 Å². The maximum atomic E-state index is 12.6. The average Bonchev–Trinajstić information content (AvgIpc) is 3.17. The highest BCUT2D eigenvalue weighted by Gasteiger charge is 2.27. The van der Waals surface area contributed by atoms with Gasteiger partial charge in [0.1, 0.15) is 4.88 Å². The summed E-state index contributed by atoms with van der Waals surface area (Å²) < 4.78 is 5.31. The van der Waals surface area contributed by atoms with Crippen molar-refractivity contribution in [3.63, 3.8) is 0 Å². The van der Waals surface area contributed by atoms with Crippen molar-refractivity contribution in [2.75, 3.05) is 13.1 Å². The molecule has 1 fully saturated rings. The van der Waals surface area contributed by atoms with E-state index in [2.05, 4.69) is 4.98 Å². The largest absolute Gasteiger partial charge is 0.462 e. The van der Waals surface area contributed by atoms with Crippen LogP contribution in [0.5, 0.6) is 0 Å². The first-order valence-electron chi connectivity index (χ1n) is 7.19. The fourth-order valence-electron chi connectivity index (χ4n) is 2.67. The van der Waals surface area contributed by atoms with E-state index in [9.17, 15) is 4.79 Å². The standard InChI is InChI=1S/C15H19N3O2S.2ClH/c1-10(16)11-4-2-6-18(9-11)15(19)13-8-17-14(21-13)12-5-3-7-20-12;;/h3,5,7-8,10-11H,2,4,6,9,16H2,1H3;2*1H. The van der Waals surface area contributed by atoms with Gasteiger partial charge in [-0.25, -0.2) is 4.98 Å². The topological polar surface area (TPSA) is 72.4 Å².